The molecule has 0 aliphatic heterocycles. The number of furan rings is 1. The molecular weight excluding hydrogens is 583 g/mol. The molecule has 2 heterocycles. The van der Waals surface area contributed by atoms with Crippen molar-refractivity contribution in [2.75, 3.05) is 0 Å². The van der Waals surface area contributed by atoms with Crippen LogP contribution in [0.5, 0.6) is 11.6 Å². The number of allylic oxidation sites excluding steroid dienone is 2. The molecule has 0 atom stereocenters. The second-order valence-corrected chi connectivity index (χ2v) is 8.68. The number of benzene rings is 1. The SMILES string of the molecule is CCC(C)(C)C(=O)/C=C(\O)C(C)(C)CC.[Ir].[c-]1ccccc1Oc1cc2ccoc2cn1. The molecule has 0 unspecified atom stereocenters. The molecule has 0 spiro atoms. The van der Waals surface area contributed by atoms with Gasteiger partial charge in [0, 0.05) is 54.2 Å². The maximum atomic E-state index is 11.8. The van der Waals surface area contributed by atoms with Crippen LogP contribution in [0, 0.1) is 16.9 Å². The Hall–Kier alpha value is -2.43. The van der Waals surface area contributed by atoms with Crippen molar-refractivity contribution < 1.29 is 39.2 Å². The van der Waals surface area contributed by atoms with E-state index in [2.05, 4.69) is 11.1 Å². The molecule has 0 saturated heterocycles. The molecule has 175 valence electrons. The molecule has 1 aromatic carbocycles. The first kappa shape index (κ1) is 27.6. The summed E-state index contributed by atoms with van der Waals surface area (Å²) >= 11 is 0. The number of carbonyl (C=O) groups is 1. The number of ether oxygens (including phenoxy) is 1. The number of aromatic nitrogens is 1. The van der Waals surface area contributed by atoms with Crippen molar-refractivity contribution >= 4 is 16.8 Å². The Morgan fingerprint density at radius 1 is 1.16 bits per heavy atom. The zero-order valence-electron chi connectivity index (χ0n) is 19.6. The minimum atomic E-state index is -0.377. The van der Waals surface area contributed by atoms with Crippen molar-refractivity contribution in [1.82, 2.24) is 4.98 Å². The van der Waals surface area contributed by atoms with Crippen molar-refractivity contribution in [3.63, 3.8) is 0 Å². The van der Waals surface area contributed by atoms with Gasteiger partial charge in [-0.2, -0.15) is 18.2 Å². The second kappa shape index (κ2) is 12.0. The average molecular weight is 615 g/mol. The first-order valence-electron chi connectivity index (χ1n) is 10.5. The summed E-state index contributed by atoms with van der Waals surface area (Å²) in [6.07, 6.45) is 6.27. The van der Waals surface area contributed by atoms with Crippen molar-refractivity contribution in [3.05, 3.63) is 66.8 Å². The fourth-order valence-corrected chi connectivity index (χ4v) is 2.33. The third kappa shape index (κ3) is 7.61. The maximum absolute atomic E-state index is 11.8. The molecular formula is C26H32IrNO4-. The van der Waals surface area contributed by atoms with Crippen LogP contribution in [0.3, 0.4) is 0 Å². The van der Waals surface area contributed by atoms with E-state index < -0.39 is 0 Å². The molecule has 32 heavy (non-hydrogen) atoms. The molecule has 0 amide bonds. The molecule has 0 aliphatic rings. The fraction of sp³-hybridized carbons (Fsp3) is 0.385. The van der Waals surface area contributed by atoms with Gasteiger partial charge in [0.2, 0.25) is 5.88 Å². The smallest absolute Gasteiger partial charge is 0.217 e. The Labute approximate surface area is 204 Å². The van der Waals surface area contributed by atoms with Gasteiger partial charge in [-0.05, 0) is 18.9 Å². The number of rotatable bonds is 7. The number of hydrogen-bond acceptors (Lipinski definition) is 5. The summed E-state index contributed by atoms with van der Waals surface area (Å²) in [7, 11) is 0. The Balaban J connectivity index is 0.000000312. The molecule has 6 heteroatoms. The van der Waals surface area contributed by atoms with Crippen LogP contribution in [0.25, 0.3) is 11.0 Å². The minimum absolute atomic E-state index is 0. The predicted molar refractivity (Wildman–Crippen MR) is 123 cm³/mol. The van der Waals surface area contributed by atoms with E-state index in [1.807, 2.05) is 71.9 Å². The number of nitrogens with zero attached hydrogens (tertiary/aromatic N) is 1. The molecule has 5 nitrogen and oxygen atoms in total. The van der Waals surface area contributed by atoms with E-state index in [1.165, 1.54) is 6.08 Å². The van der Waals surface area contributed by atoms with Gasteiger partial charge in [0.15, 0.2) is 11.4 Å². The van der Waals surface area contributed by atoms with Crippen LogP contribution in [0.15, 0.2) is 65.1 Å². The number of hydrogen-bond donors (Lipinski definition) is 1. The van der Waals surface area contributed by atoms with Crippen LogP contribution in [0.2, 0.25) is 0 Å². The summed E-state index contributed by atoms with van der Waals surface area (Å²) in [5, 5.41) is 10.8. The number of carbonyl (C=O) groups excluding carboxylic acids is 1. The van der Waals surface area contributed by atoms with Crippen molar-refractivity contribution in [1.29, 1.82) is 0 Å². The zero-order valence-corrected chi connectivity index (χ0v) is 22.0. The summed E-state index contributed by atoms with van der Waals surface area (Å²) < 4.78 is 10.7. The molecule has 3 aromatic rings. The van der Waals surface area contributed by atoms with Gasteiger partial charge in [-0.3, -0.25) is 4.79 Å². The van der Waals surface area contributed by atoms with Gasteiger partial charge in [-0.15, -0.1) is 12.1 Å². The number of aliphatic hydroxyl groups excluding tert-OH is 1. The van der Waals surface area contributed by atoms with E-state index in [-0.39, 0.29) is 42.5 Å². The number of pyridine rings is 1. The van der Waals surface area contributed by atoms with Gasteiger partial charge in [0.25, 0.3) is 0 Å². The standard InChI is InChI=1S/C13H8NO2.C13H24O2.Ir/c1-2-4-11(5-3-1)16-13-8-10-6-7-15-12(10)9-14-13;1-7-12(3,4)10(14)9-11(15)13(5,6)8-2;/h1-4,6-9H;9,14H,7-8H2,1-6H3;/q-1;;/b;10-9-;. The first-order valence-corrected chi connectivity index (χ1v) is 10.5. The normalized spacial score (nSPS) is 11.9. The Morgan fingerprint density at radius 3 is 2.44 bits per heavy atom. The fourth-order valence-electron chi connectivity index (χ4n) is 2.33. The minimum Gasteiger partial charge on any atom is -0.512 e. The van der Waals surface area contributed by atoms with Crippen molar-refractivity contribution in [2.24, 2.45) is 10.8 Å². The zero-order chi connectivity index (χ0) is 23.1. The number of ketones is 1. The van der Waals surface area contributed by atoms with E-state index in [9.17, 15) is 9.90 Å². The second-order valence-electron chi connectivity index (χ2n) is 8.68. The van der Waals surface area contributed by atoms with E-state index in [0.29, 0.717) is 11.6 Å². The number of para-hydroxylation sites is 1. The molecule has 0 fully saturated rings. The molecule has 0 bridgehead atoms. The van der Waals surface area contributed by atoms with Gasteiger partial charge in [-0.25, -0.2) is 4.98 Å². The molecule has 0 saturated carbocycles. The van der Waals surface area contributed by atoms with Crippen LogP contribution in [-0.4, -0.2) is 15.9 Å². The summed E-state index contributed by atoms with van der Waals surface area (Å²) in [6, 6.07) is 14.1. The van der Waals surface area contributed by atoms with Crippen LogP contribution >= 0.6 is 0 Å². The van der Waals surface area contributed by atoms with E-state index >= 15 is 0 Å². The van der Waals surface area contributed by atoms with Crippen LogP contribution in [-0.2, 0) is 24.9 Å². The Morgan fingerprint density at radius 2 is 1.84 bits per heavy atom. The quantitative estimate of drug-likeness (QED) is 0.172. The Bertz CT molecular complexity index is 1020. The van der Waals surface area contributed by atoms with Crippen LogP contribution < -0.4 is 4.74 Å². The summed E-state index contributed by atoms with van der Waals surface area (Å²) in [5.41, 5.74) is 0.0708. The number of fused-ring (bicyclic) bond motifs is 1. The first-order chi connectivity index (χ1) is 14.6. The molecule has 0 aliphatic carbocycles. The molecule has 2 aromatic heterocycles. The largest absolute Gasteiger partial charge is 0.512 e. The average Bonchev–Trinajstić information content (AvgIpc) is 3.22. The summed E-state index contributed by atoms with van der Waals surface area (Å²) in [6.45, 7) is 11.7. The van der Waals surface area contributed by atoms with E-state index in [4.69, 9.17) is 9.15 Å². The molecule has 1 N–H and O–H groups in total. The summed E-state index contributed by atoms with van der Waals surface area (Å²) in [4.78, 5) is 16.0. The number of aliphatic hydroxyl groups is 1. The third-order valence-electron chi connectivity index (χ3n) is 5.61. The van der Waals surface area contributed by atoms with Gasteiger partial charge in [0.05, 0.1) is 12.5 Å². The van der Waals surface area contributed by atoms with Crippen LogP contribution in [0.1, 0.15) is 54.4 Å². The third-order valence-corrected chi connectivity index (χ3v) is 5.61. The van der Waals surface area contributed by atoms with E-state index in [0.717, 1.165) is 23.8 Å². The topological polar surface area (TPSA) is 72.6 Å². The van der Waals surface area contributed by atoms with Crippen molar-refractivity contribution in [2.45, 2.75) is 54.4 Å². The van der Waals surface area contributed by atoms with Gasteiger partial charge >= 0.3 is 0 Å². The van der Waals surface area contributed by atoms with Gasteiger partial charge < -0.3 is 14.3 Å². The van der Waals surface area contributed by atoms with Gasteiger partial charge in [-0.1, -0.05) is 41.5 Å². The molecule has 3 rings (SSSR count). The van der Waals surface area contributed by atoms with E-state index in [1.54, 1.807) is 18.5 Å². The Kier molecular flexibility index (Phi) is 10.3. The van der Waals surface area contributed by atoms with Crippen LogP contribution in [0.4, 0.5) is 0 Å². The van der Waals surface area contributed by atoms with Crippen molar-refractivity contribution in [3.8, 4) is 11.6 Å². The summed E-state index contributed by atoms with van der Waals surface area (Å²) in [5.74, 6) is 1.38. The predicted octanol–water partition coefficient (Wildman–Crippen LogP) is 7.29. The maximum Gasteiger partial charge on any atom is 0.217 e. The van der Waals surface area contributed by atoms with Gasteiger partial charge in [0.1, 0.15) is 5.76 Å². The monoisotopic (exact) mass is 615 g/mol. The molecule has 1 radical (unpaired) electrons.